The molecule has 0 radical (unpaired) electrons. The quantitative estimate of drug-likeness (QED) is 0.475. The van der Waals surface area contributed by atoms with Gasteiger partial charge in [-0.05, 0) is 67.6 Å². The van der Waals surface area contributed by atoms with Crippen LogP contribution >= 0.6 is 11.3 Å². The predicted molar refractivity (Wildman–Crippen MR) is 130 cm³/mol. The molecular formula is C25H23FN4O2S. The van der Waals surface area contributed by atoms with E-state index in [2.05, 4.69) is 5.32 Å². The molecule has 2 aromatic heterocycles. The van der Waals surface area contributed by atoms with Crippen LogP contribution in [-0.2, 0) is 4.79 Å². The van der Waals surface area contributed by atoms with Crippen molar-refractivity contribution < 1.29 is 9.18 Å². The molecule has 4 aromatic rings. The Bertz CT molecular complexity index is 1360. The summed E-state index contributed by atoms with van der Waals surface area (Å²) < 4.78 is 15.4. The zero-order valence-corrected chi connectivity index (χ0v) is 18.9. The second-order valence-corrected chi connectivity index (χ2v) is 9.22. The number of hydrogen-bond donors (Lipinski definition) is 1. The number of thiophene rings is 1. The Labute approximate surface area is 194 Å². The number of carbonyl (C=O) groups is 1. The van der Waals surface area contributed by atoms with Crippen LogP contribution in [0.3, 0.4) is 0 Å². The number of anilines is 2. The fourth-order valence-electron chi connectivity index (χ4n) is 4.19. The average molecular weight is 463 g/mol. The lowest BCUT2D eigenvalue weighted by molar-refractivity contribution is -0.120. The number of nitrogens with one attached hydrogen (secondary N) is 1. The fourth-order valence-corrected chi connectivity index (χ4v) is 4.95. The molecule has 0 bridgehead atoms. The number of carbonyl (C=O) groups excluding carboxylic acids is 1. The maximum atomic E-state index is 13.4. The van der Waals surface area contributed by atoms with E-state index in [9.17, 15) is 14.0 Å². The molecule has 1 N–H and O–H groups in total. The Hall–Kier alpha value is -3.52. The molecule has 1 atom stereocenters. The van der Waals surface area contributed by atoms with E-state index in [-0.39, 0.29) is 23.2 Å². The molecule has 3 heterocycles. The van der Waals surface area contributed by atoms with Crippen LogP contribution in [0, 0.1) is 18.7 Å². The van der Waals surface area contributed by atoms with E-state index >= 15 is 0 Å². The van der Waals surface area contributed by atoms with Gasteiger partial charge >= 0.3 is 0 Å². The Morgan fingerprint density at radius 2 is 1.88 bits per heavy atom. The van der Waals surface area contributed by atoms with Gasteiger partial charge in [0, 0.05) is 18.8 Å². The molecule has 1 amide bonds. The standard InChI is InChI=1S/C25H23FN4O2S/c1-16-4-10-20(11-5-16)30-24(32)22-21(12-14-33-22)28-25(30)29-13-2-3-17(15-29)23(31)27-19-8-6-18(26)7-9-19/h4-12,14,17H,2-3,13,15H2,1H3,(H,27,31). The molecule has 1 saturated heterocycles. The first-order valence-electron chi connectivity index (χ1n) is 10.9. The van der Waals surface area contributed by atoms with Crippen molar-refractivity contribution >= 4 is 39.1 Å². The van der Waals surface area contributed by atoms with Crippen molar-refractivity contribution in [2.75, 3.05) is 23.3 Å². The Kier molecular flexibility index (Phi) is 5.68. The third kappa shape index (κ3) is 4.26. The van der Waals surface area contributed by atoms with Gasteiger partial charge in [0.2, 0.25) is 11.9 Å². The second kappa shape index (κ2) is 8.78. The molecule has 6 nitrogen and oxygen atoms in total. The summed E-state index contributed by atoms with van der Waals surface area (Å²) >= 11 is 1.38. The first kappa shape index (κ1) is 21.3. The lowest BCUT2D eigenvalue weighted by Gasteiger charge is -2.34. The van der Waals surface area contributed by atoms with Crippen molar-refractivity contribution in [3.8, 4) is 5.69 Å². The van der Waals surface area contributed by atoms with Crippen LogP contribution in [0.5, 0.6) is 0 Å². The van der Waals surface area contributed by atoms with Gasteiger partial charge in [0.15, 0.2) is 0 Å². The minimum Gasteiger partial charge on any atom is -0.341 e. The van der Waals surface area contributed by atoms with Crippen LogP contribution in [-0.4, -0.2) is 28.5 Å². The number of benzene rings is 2. The highest BCUT2D eigenvalue weighted by Gasteiger charge is 2.29. The first-order valence-corrected chi connectivity index (χ1v) is 11.8. The van der Waals surface area contributed by atoms with Crippen LogP contribution in [0.4, 0.5) is 16.0 Å². The zero-order valence-electron chi connectivity index (χ0n) is 18.1. The molecular weight excluding hydrogens is 439 g/mol. The van der Waals surface area contributed by atoms with Crippen molar-refractivity contribution in [3.05, 3.63) is 81.7 Å². The summed E-state index contributed by atoms with van der Waals surface area (Å²) in [7, 11) is 0. The van der Waals surface area contributed by atoms with Crippen molar-refractivity contribution in [2.45, 2.75) is 19.8 Å². The highest BCUT2D eigenvalue weighted by molar-refractivity contribution is 7.17. The van der Waals surface area contributed by atoms with E-state index in [1.54, 1.807) is 16.7 Å². The van der Waals surface area contributed by atoms with Gasteiger partial charge in [-0.15, -0.1) is 11.3 Å². The number of fused-ring (bicyclic) bond motifs is 1. The van der Waals surface area contributed by atoms with Gasteiger partial charge in [-0.25, -0.2) is 13.9 Å². The summed E-state index contributed by atoms with van der Waals surface area (Å²) in [5.74, 6) is -0.188. The Morgan fingerprint density at radius 1 is 1.12 bits per heavy atom. The van der Waals surface area contributed by atoms with E-state index in [1.165, 1.54) is 23.5 Å². The summed E-state index contributed by atoms with van der Waals surface area (Å²) in [6, 6.07) is 15.4. The lowest BCUT2D eigenvalue weighted by atomic mass is 9.97. The van der Waals surface area contributed by atoms with Gasteiger partial charge in [-0.2, -0.15) is 0 Å². The monoisotopic (exact) mass is 462 g/mol. The number of rotatable bonds is 4. The minimum absolute atomic E-state index is 0.105. The summed E-state index contributed by atoms with van der Waals surface area (Å²) in [5.41, 5.74) is 2.98. The van der Waals surface area contributed by atoms with E-state index in [4.69, 9.17) is 4.98 Å². The fraction of sp³-hybridized carbons (Fsp3) is 0.240. The molecule has 33 heavy (non-hydrogen) atoms. The third-order valence-electron chi connectivity index (χ3n) is 5.94. The maximum Gasteiger partial charge on any atom is 0.277 e. The summed E-state index contributed by atoms with van der Waals surface area (Å²) in [6.45, 7) is 3.15. The number of amides is 1. The number of hydrogen-bond acceptors (Lipinski definition) is 5. The van der Waals surface area contributed by atoms with Crippen LogP contribution in [0.15, 0.2) is 64.8 Å². The molecule has 0 saturated carbocycles. The highest BCUT2D eigenvalue weighted by Crippen LogP contribution is 2.27. The highest BCUT2D eigenvalue weighted by atomic mass is 32.1. The normalized spacial score (nSPS) is 16.2. The molecule has 0 spiro atoms. The second-order valence-electron chi connectivity index (χ2n) is 8.30. The summed E-state index contributed by atoms with van der Waals surface area (Å²) in [4.78, 5) is 33.2. The smallest absolute Gasteiger partial charge is 0.277 e. The zero-order chi connectivity index (χ0) is 22.9. The van der Waals surface area contributed by atoms with Gasteiger partial charge in [0.25, 0.3) is 5.56 Å². The molecule has 5 rings (SSSR count). The van der Waals surface area contributed by atoms with E-state index in [0.29, 0.717) is 34.9 Å². The lowest BCUT2D eigenvalue weighted by Crippen LogP contribution is -2.43. The molecule has 1 unspecified atom stereocenters. The van der Waals surface area contributed by atoms with Crippen molar-refractivity contribution in [2.24, 2.45) is 5.92 Å². The van der Waals surface area contributed by atoms with Crippen molar-refractivity contribution in [3.63, 3.8) is 0 Å². The van der Waals surface area contributed by atoms with E-state index in [0.717, 1.165) is 24.1 Å². The van der Waals surface area contributed by atoms with Crippen LogP contribution in [0.1, 0.15) is 18.4 Å². The van der Waals surface area contributed by atoms with E-state index < -0.39 is 0 Å². The number of piperidine rings is 1. The SMILES string of the molecule is Cc1ccc(-n2c(N3CCCC(C(=O)Nc4ccc(F)cc4)C3)nc3ccsc3c2=O)cc1. The van der Waals surface area contributed by atoms with Gasteiger partial charge < -0.3 is 10.2 Å². The molecule has 2 aromatic carbocycles. The summed E-state index contributed by atoms with van der Waals surface area (Å²) in [5, 5.41) is 4.75. The van der Waals surface area contributed by atoms with Crippen molar-refractivity contribution in [1.29, 1.82) is 0 Å². The summed E-state index contributed by atoms with van der Waals surface area (Å²) in [6.07, 6.45) is 1.53. The number of aromatic nitrogens is 2. The molecule has 1 fully saturated rings. The molecule has 1 aliphatic rings. The molecule has 1 aliphatic heterocycles. The maximum absolute atomic E-state index is 13.4. The van der Waals surface area contributed by atoms with Gasteiger partial charge in [0.05, 0.1) is 17.1 Å². The van der Waals surface area contributed by atoms with Gasteiger partial charge in [0.1, 0.15) is 10.5 Å². The first-order chi connectivity index (χ1) is 16.0. The van der Waals surface area contributed by atoms with Crippen LogP contribution < -0.4 is 15.8 Å². The van der Waals surface area contributed by atoms with E-state index in [1.807, 2.05) is 47.5 Å². The third-order valence-corrected chi connectivity index (χ3v) is 6.83. The van der Waals surface area contributed by atoms with Crippen molar-refractivity contribution in [1.82, 2.24) is 9.55 Å². The molecule has 8 heteroatoms. The molecule has 168 valence electrons. The largest absolute Gasteiger partial charge is 0.341 e. The Morgan fingerprint density at radius 3 is 2.64 bits per heavy atom. The Balaban J connectivity index is 1.48. The number of nitrogens with zero attached hydrogens (tertiary/aromatic N) is 3. The van der Waals surface area contributed by atoms with Crippen LogP contribution in [0.25, 0.3) is 15.9 Å². The van der Waals surface area contributed by atoms with Gasteiger partial charge in [-0.3, -0.25) is 9.59 Å². The minimum atomic E-state index is -0.346. The number of aryl methyl sites for hydroxylation is 1. The van der Waals surface area contributed by atoms with Gasteiger partial charge in [-0.1, -0.05) is 17.7 Å². The predicted octanol–water partition coefficient (Wildman–Crippen LogP) is 4.75. The average Bonchev–Trinajstić information content (AvgIpc) is 3.31. The number of halogens is 1. The molecule has 0 aliphatic carbocycles. The van der Waals surface area contributed by atoms with Crippen LogP contribution in [0.2, 0.25) is 0 Å². The topological polar surface area (TPSA) is 67.2 Å².